The number of aromatic nitrogens is 2. The first-order chi connectivity index (χ1) is 8.61. The minimum absolute atomic E-state index is 0.201. The Hall–Kier alpha value is -1.56. The van der Waals surface area contributed by atoms with Gasteiger partial charge in [0.15, 0.2) is 5.69 Å². The maximum absolute atomic E-state index is 11.4. The molecule has 2 N–H and O–H groups in total. The Morgan fingerprint density at radius 1 is 1.33 bits per heavy atom. The van der Waals surface area contributed by atoms with Crippen molar-refractivity contribution < 1.29 is 14.3 Å². The van der Waals surface area contributed by atoms with Gasteiger partial charge < -0.3 is 19.8 Å². The van der Waals surface area contributed by atoms with Crippen molar-refractivity contribution in [2.24, 2.45) is 0 Å². The SMILES string of the molecule is COCCCCCn1c(C)nc(C(=O)OC)c1N. The number of methoxy groups -OCH3 is 2. The van der Waals surface area contributed by atoms with Crippen molar-refractivity contribution in [1.82, 2.24) is 9.55 Å². The summed E-state index contributed by atoms with van der Waals surface area (Å²) in [6.07, 6.45) is 3.05. The van der Waals surface area contributed by atoms with Crippen molar-refractivity contribution in [3.05, 3.63) is 11.5 Å². The lowest BCUT2D eigenvalue weighted by atomic mass is 10.2. The van der Waals surface area contributed by atoms with Crippen LogP contribution in [0, 0.1) is 6.92 Å². The third-order valence-corrected chi connectivity index (χ3v) is 2.81. The van der Waals surface area contributed by atoms with Crippen molar-refractivity contribution in [2.45, 2.75) is 32.7 Å². The summed E-state index contributed by atoms with van der Waals surface area (Å²) in [5.41, 5.74) is 6.10. The highest BCUT2D eigenvalue weighted by molar-refractivity contribution is 5.92. The Kier molecular flexibility index (Phi) is 5.64. The minimum atomic E-state index is -0.492. The van der Waals surface area contributed by atoms with E-state index in [2.05, 4.69) is 9.72 Å². The topological polar surface area (TPSA) is 79.4 Å². The smallest absolute Gasteiger partial charge is 0.360 e. The summed E-state index contributed by atoms with van der Waals surface area (Å²) < 4.78 is 11.5. The average molecular weight is 255 g/mol. The second kappa shape index (κ2) is 7.00. The molecule has 0 fully saturated rings. The molecule has 102 valence electrons. The Labute approximate surface area is 107 Å². The Balaban J connectivity index is 2.60. The van der Waals surface area contributed by atoms with E-state index in [4.69, 9.17) is 10.5 Å². The van der Waals surface area contributed by atoms with Gasteiger partial charge in [0.2, 0.25) is 0 Å². The lowest BCUT2D eigenvalue weighted by Crippen LogP contribution is -2.09. The molecule has 0 aliphatic rings. The second-order valence-corrected chi connectivity index (χ2v) is 4.09. The van der Waals surface area contributed by atoms with Crippen molar-refractivity contribution in [2.75, 3.05) is 26.6 Å². The summed E-state index contributed by atoms with van der Waals surface area (Å²) in [6, 6.07) is 0. The summed E-state index contributed by atoms with van der Waals surface area (Å²) in [6.45, 7) is 3.36. The Morgan fingerprint density at radius 2 is 2.06 bits per heavy atom. The molecule has 0 radical (unpaired) electrons. The van der Waals surface area contributed by atoms with E-state index in [1.807, 2.05) is 11.5 Å². The second-order valence-electron chi connectivity index (χ2n) is 4.09. The maximum atomic E-state index is 11.4. The van der Waals surface area contributed by atoms with Gasteiger partial charge in [0.05, 0.1) is 7.11 Å². The molecule has 18 heavy (non-hydrogen) atoms. The molecule has 0 saturated heterocycles. The summed E-state index contributed by atoms with van der Waals surface area (Å²) in [5.74, 6) is 0.625. The van der Waals surface area contributed by atoms with Crippen molar-refractivity contribution in [3.8, 4) is 0 Å². The molecule has 0 saturated carbocycles. The van der Waals surface area contributed by atoms with Gasteiger partial charge in [0.1, 0.15) is 11.6 Å². The molecule has 0 aromatic carbocycles. The van der Waals surface area contributed by atoms with Crippen LogP contribution >= 0.6 is 0 Å². The maximum Gasteiger partial charge on any atom is 0.360 e. The number of imidazole rings is 1. The summed E-state index contributed by atoms with van der Waals surface area (Å²) in [7, 11) is 3.02. The number of anilines is 1. The van der Waals surface area contributed by atoms with Crippen LogP contribution in [0.15, 0.2) is 0 Å². The molecular formula is C12H21N3O3. The largest absolute Gasteiger partial charge is 0.464 e. The monoisotopic (exact) mass is 255 g/mol. The number of esters is 1. The zero-order valence-corrected chi connectivity index (χ0v) is 11.2. The zero-order chi connectivity index (χ0) is 13.5. The molecule has 1 heterocycles. The molecule has 6 nitrogen and oxygen atoms in total. The average Bonchev–Trinajstić information content (AvgIpc) is 2.65. The number of ether oxygens (including phenoxy) is 2. The van der Waals surface area contributed by atoms with E-state index in [9.17, 15) is 4.79 Å². The van der Waals surface area contributed by atoms with Gasteiger partial charge >= 0.3 is 5.97 Å². The Bertz CT molecular complexity index is 402. The summed E-state index contributed by atoms with van der Waals surface area (Å²) in [4.78, 5) is 15.6. The van der Waals surface area contributed by atoms with Gasteiger partial charge in [-0.1, -0.05) is 0 Å². The molecular weight excluding hydrogens is 234 g/mol. The molecule has 0 unspecified atom stereocenters. The van der Waals surface area contributed by atoms with E-state index in [0.717, 1.165) is 38.2 Å². The van der Waals surface area contributed by atoms with Gasteiger partial charge in [-0.3, -0.25) is 0 Å². The first-order valence-corrected chi connectivity index (χ1v) is 6.01. The highest BCUT2D eigenvalue weighted by atomic mass is 16.5. The van der Waals surface area contributed by atoms with Crippen molar-refractivity contribution in [3.63, 3.8) is 0 Å². The molecule has 0 atom stereocenters. The number of hydrogen-bond acceptors (Lipinski definition) is 5. The zero-order valence-electron chi connectivity index (χ0n) is 11.2. The van der Waals surface area contributed by atoms with Crippen LogP contribution in [0.4, 0.5) is 5.82 Å². The van der Waals surface area contributed by atoms with Gasteiger partial charge in [-0.05, 0) is 26.2 Å². The summed E-state index contributed by atoms with van der Waals surface area (Å²) >= 11 is 0. The number of carbonyl (C=O) groups is 1. The molecule has 0 spiro atoms. The lowest BCUT2D eigenvalue weighted by Gasteiger charge is -2.07. The van der Waals surface area contributed by atoms with Gasteiger partial charge in [-0.2, -0.15) is 0 Å². The lowest BCUT2D eigenvalue weighted by molar-refractivity contribution is 0.0595. The summed E-state index contributed by atoms with van der Waals surface area (Å²) in [5, 5.41) is 0. The fraction of sp³-hybridized carbons (Fsp3) is 0.667. The number of nitrogens with zero attached hydrogens (tertiary/aromatic N) is 2. The number of carbonyl (C=O) groups excluding carboxylic acids is 1. The molecule has 1 aromatic rings. The van der Waals surface area contributed by atoms with E-state index in [1.165, 1.54) is 7.11 Å². The third kappa shape index (κ3) is 3.46. The molecule has 6 heteroatoms. The number of hydrogen-bond donors (Lipinski definition) is 1. The van der Waals surface area contributed by atoms with Gasteiger partial charge in [0.25, 0.3) is 0 Å². The normalized spacial score (nSPS) is 10.6. The van der Waals surface area contributed by atoms with Crippen LogP contribution in [0.25, 0.3) is 0 Å². The predicted octanol–water partition coefficient (Wildman–Crippen LogP) is 1.38. The van der Waals surface area contributed by atoms with Gasteiger partial charge in [-0.25, -0.2) is 9.78 Å². The van der Waals surface area contributed by atoms with E-state index >= 15 is 0 Å². The van der Waals surface area contributed by atoms with Gasteiger partial charge in [0, 0.05) is 20.3 Å². The number of aryl methyl sites for hydroxylation is 1. The van der Waals surface area contributed by atoms with Gasteiger partial charge in [-0.15, -0.1) is 0 Å². The number of rotatable bonds is 7. The fourth-order valence-corrected chi connectivity index (χ4v) is 1.80. The van der Waals surface area contributed by atoms with E-state index in [1.54, 1.807) is 7.11 Å². The quantitative estimate of drug-likeness (QED) is 0.588. The standard InChI is InChI=1S/C12H21N3O3/c1-9-14-10(12(16)18-3)11(13)15(9)7-5-4-6-8-17-2/h4-8,13H2,1-3H3. The number of nitrogen functional groups attached to an aromatic ring is 1. The van der Waals surface area contributed by atoms with Crippen LogP contribution < -0.4 is 5.73 Å². The van der Waals surface area contributed by atoms with Crippen molar-refractivity contribution in [1.29, 1.82) is 0 Å². The molecule has 0 aliphatic heterocycles. The first kappa shape index (κ1) is 14.5. The third-order valence-electron chi connectivity index (χ3n) is 2.81. The molecule has 0 bridgehead atoms. The molecule has 1 aromatic heterocycles. The van der Waals surface area contributed by atoms with Crippen LogP contribution in [-0.2, 0) is 16.0 Å². The van der Waals surface area contributed by atoms with Crippen LogP contribution in [0.2, 0.25) is 0 Å². The van der Waals surface area contributed by atoms with E-state index in [-0.39, 0.29) is 5.69 Å². The van der Waals surface area contributed by atoms with E-state index in [0.29, 0.717) is 5.82 Å². The minimum Gasteiger partial charge on any atom is -0.464 e. The number of nitrogens with two attached hydrogens (primary N) is 1. The van der Waals surface area contributed by atoms with E-state index < -0.39 is 5.97 Å². The van der Waals surface area contributed by atoms with Crippen LogP contribution in [0.5, 0.6) is 0 Å². The Morgan fingerprint density at radius 3 is 2.67 bits per heavy atom. The molecule has 1 rings (SSSR count). The number of unbranched alkanes of at least 4 members (excludes halogenated alkanes) is 2. The fourth-order valence-electron chi connectivity index (χ4n) is 1.80. The van der Waals surface area contributed by atoms with Crippen LogP contribution in [0.3, 0.4) is 0 Å². The predicted molar refractivity (Wildman–Crippen MR) is 68.4 cm³/mol. The van der Waals surface area contributed by atoms with Crippen molar-refractivity contribution >= 4 is 11.8 Å². The first-order valence-electron chi connectivity index (χ1n) is 6.01. The van der Waals surface area contributed by atoms with Crippen LogP contribution in [0.1, 0.15) is 35.6 Å². The highest BCUT2D eigenvalue weighted by Gasteiger charge is 2.18. The molecule has 0 aliphatic carbocycles. The van der Waals surface area contributed by atoms with Crippen LogP contribution in [-0.4, -0.2) is 36.3 Å². The molecule has 0 amide bonds. The highest BCUT2D eigenvalue weighted by Crippen LogP contribution is 2.16.